The van der Waals surface area contributed by atoms with E-state index in [0.29, 0.717) is 11.8 Å². The highest BCUT2D eigenvalue weighted by atomic mass is 32.2. The van der Waals surface area contributed by atoms with Crippen molar-refractivity contribution in [1.82, 2.24) is 9.78 Å². The number of nitrogens with one attached hydrogen (secondary N) is 1. The fourth-order valence-corrected chi connectivity index (χ4v) is 3.29. The molecule has 1 heterocycles. The van der Waals surface area contributed by atoms with Gasteiger partial charge in [0.2, 0.25) is 0 Å². The van der Waals surface area contributed by atoms with Crippen LogP contribution >= 0.6 is 11.8 Å². The van der Waals surface area contributed by atoms with E-state index in [-0.39, 0.29) is 34.1 Å². The van der Waals surface area contributed by atoms with E-state index in [1.807, 2.05) is 0 Å². The lowest BCUT2D eigenvalue weighted by molar-refractivity contribution is -0.127. The number of amides is 1. The molecule has 1 amide bonds. The van der Waals surface area contributed by atoms with Crippen LogP contribution in [0, 0.1) is 11.6 Å². The molecule has 1 N–H and O–H groups in total. The maximum Gasteiger partial charge on any atom is 0.394 e. The van der Waals surface area contributed by atoms with Crippen LogP contribution in [0.3, 0.4) is 0 Å². The van der Waals surface area contributed by atoms with E-state index in [0.717, 1.165) is 24.3 Å². The van der Waals surface area contributed by atoms with Gasteiger partial charge in [0, 0.05) is 6.54 Å². The number of allylic oxidation sites excluding steroid dienone is 1. The number of benzene rings is 1. The number of anilines is 1. The van der Waals surface area contributed by atoms with E-state index < -0.39 is 35.8 Å². The summed E-state index contributed by atoms with van der Waals surface area (Å²) in [6.45, 7) is 3.21. The van der Waals surface area contributed by atoms with Crippen molar-refractivity contribution in [2.45, 2.75) is 33.0 Å². The van der Waals surface area contributed by atoms with Crippen molar-refractivity contribution in [3.8, 4) is 0 Å². The van der Waals surface area contributed by atoms with Crippen molar-refractivity contribution in [3.63, 3.8) is 0 Å². The highest BCUT2D eigenvalue weighted by Crippen LogP contribution is 2.36. The number of hydrogen-bond donors (Lipinski definition) is 1. The number of para-hydroxylation sites is 1. The third kappa shape index (κ3) is 5.91. The highest BCUT2D eigenvalue weighted by Gasteiger charge is 2.30. The van der Waals surface area contributed by atoms with Gasteiger partial charge in [-0.2, -0.15) is 18.3 Å². The van der Waals surface area contributed by atoms with Gasteiger partial charge >= 0.3 is 6.18 Å². The van der Waals surface area contributed by atoms with Crippen LogP contribution in [0.25, 0.3) is 4.91 Å². The van der Waals surface area contributed by atoms with Gasteiger partial charge in [-0.25, -0.2) is 13.2 Å². The number of rotatable bonds is 7. The first-order valence-electron chi connectivity index (χ1n) is 8.63. The average Bonchev–Trinajstić information content (AvgIpc) is 3.06. The number of alkyl halides is 3. The largest absolute Gasteiger partial charge is 0.394 e. The first-order valence-corrected chi connectivity index (χ1v) is 9.45. The van der Waals surface area contributed by atoms with E-state index in [1.54, 1.807) is 6.92 Å². The molecule has 0 spiro atoms. The Labute approximate surface area is 172 Å². The third-order valence-electron chi connectivity index (χ3n) is 3.77. The molecule has 0 radical (unpaired) electrons. The molecule has 1 aromatic heterocycles. The molecule has 0 aliphatic rings. The molecule has 0 bridgehead atoms. The normalized spacial score (nSPS) is 12.9. The van der Waals surface area contributed by atoms with Crippen LogP contribution in [-0.2, 0) is 17.8 Å². The topological polar surface area (TPSA) is 46.9 Å². The van der Waals surface area contributed by atoms with Crippen LogP contribution in [0.5, 0.6) is 0 Å². The number of hydrogen-bond acceptors (Lipinski definition) is 3. The SMILES string of the molecule is CC=C(SC(=CF)c1cc(CC(F)(F)F)nn1CC)C(=O)Nc1c(F)cccc1F. The minimum Gasteiger partial charge on any atom is -0.317 e. The van der Waals surface area contributed by atoms with E-state index in [4.69, 9.17) is 0 Å². The van der Waals surface area contributed by atoms with Crippen molar-refractivity contribution in [3.05, 3.63) is 64.6 Å². The van der Waals surface area contributed by atoms with E-state index in [9.17, 15) is 31.1 Å². The molecule has 0 aliphatic carbocycles. The minimum absolute atomic E-state index is 0.0356. The number of thioether (sulfide) groups is 1. The Morgan fingerprint density at radius 1 is 1.27 bits per heavy atom. The molecule has 2 rings (SSSR count). The summed E-state index contributed by atoms with van der Waals surface area (Å²) in [4.78, 5) is 12.1. The molecule has 162 valence electrons. The lowest BCUT2D eigenvalue weighted by Crippen LogP contribution is -2.15. The van der Waals surface area contributed by atoms with Gasteiger partial charge in [-0.05, 0) is 32.0 Å². The van der Waals surface area contributed by atoms with Crippen LogP contribution in [-0.4, -0.2) is 21.9 Å². The zero-order chi connectivity index (χ0) is 22.5. The summed E-state index contributed by atoms with van der Waals surface area (Å²) < 4.78 is 80.2. The van der Waals surface area contributed by atoms with Crippen LogP contribution in [0.15, 0.2) is 41.6 Å². The summed E-state index contributed by atoms with van der Waals surface area (Å²) in [7, 11) is 0. The lowest BCUT2D eigenvalue weighted by atomic mass is 10.3. The van der Waals surface area contributed by atoms with Gasteiger partial charge in [-0.15, -0.1) is 0 Å². The first-order chi connectivity index (χ1) is 14.1. The van der Waals surface area contributed by atoms with Gasteiger partial charge in [0.05, 0.1) is 27.6 Å². The number of aryl methyl sites for hydroxylation is 1. The quantitative estimate of drug-likeness (QED) is 0.427. The first kappa shape index (κ1) is 23.6. The van der Waals surface area contributed by atoms with Gasteiger partial charge in [0.25, 0.3) is 5.91 Å². The van der Waals surface area contributed by atoms with Crippen molar-refractivity contribution in [2.24, 2.45) is 0 Å². The van der Waals surface area contributed by atoms with Gasteiger partial charge in [-0.1, -0.05) is 23.9 Å². The summed E-state index contributed by atoms with van der Waals surface area (Å²) in [5.41, 5.74) is -0.938. The smallest absolute Gasteiger partial charge is 0.317 e. The van der Waals surface area contributed by atoms with E-state index in [1.165, 1.54) is 17.7 Å². The number of carbonyl (C=O) groups is 1. The van der Waals surface area contributed by atoms with E-state index in [2.05, 4.69) is 10.4 Å². The Kier molecular flexibility index (Phi) is 7.77. The summed E-state index contributed by atoms with van der Waals surface area (Å²) in [6.07, 6.45) is -4.37. The number of halogens is 6. The van der Waals surface area contributed by atoms with Gasteiger partial charge in [0.1, 0.15) is 23.7 Å². The summed E-state index contributed by atoms with van der Waals surface area (Å²) >= 11 is 0.591. The van der Waals surface area contributed by atoms with Crippen molar-refractivity contribution >= 4 is 28.3 Å². The number of nitrogens with zero attached hydrogens (tertiary/aromatic N) is 2. The predicted octanol–water partition coefficient (Wildman–Crippen LogP) is 5.83. The standard InChI is InChI=1S/C19H17F6N3OS/c1-3-15(18(29)26-17-12(21)6-5-7-13(17)22)30-16(10-20)14-8-11(9-19(23,24)25)27-28(14)4-2/h3,5-8,10H,4,9H2,1-2H3,(H,26,29). The molecular weight excluding hydrogens is 432 g/mol. The Hall–Kier alpha value is -2.69. The van der Waals surface area contributed by atoms with Crippen LogP contribution in [0.4, 0.5) is 32.0 Å². The average molecular weight is 449 g/mol. The Morgan fingerprint density at radius 3 is 2.40 bits per heavy atom. The molecule has 2 aromatic rings. The second kappa shape index (κ2) is 9.88. The molecule has 0 saturated carbocycles. The fourth-order valence-electron chi connectivity index (χ4n) is 2.48. The zero-order valence-corrected chi connectivity index (χ0v) is 16.7. The zero-order valence-electron chi connectivity index (χ0n) is 15.9. The van der Waals surface area contributed by atoms with Gasteiger partial charge < -0.3 is 5.32 Å². The van der Waals surface area contributed by atoms with Crippen LogP contribution in [0.2, 0.25) is 0 Å². The Morgan fingerprint density at radius 2 is 1.90 bits per heavy atom. The highest BCUT2D eigenvalue weighted by molar-refractivity contribution is 8.12. The predicted molar refractivity (Wildman–Crippen MR) is 103 cm³/mol. The number of aromatic nitrogens is 2. The van der Waals surface area contributed by atoms with Crippen molar-refractivity contribution in [2.75, 3.05) is 5.32 Å². The summed E-state index contributed by atoms with van der Waals surface area (Å²) in [6, 6.07) is 4.11. The molecule has 0 fully saturated rings. The molecule has 0 unspecified atom stereocenters. The van der Waals surface area contributed by atoms with Gasteiger partial charge in [0.15, 0.2) is 0 Å². The lowest BCUT2D eigenvalue weighted by Gasteiger charge is -2.12. The molecule has 30 heavy (non-hydrogen) atoms. The summed E-state index contributed by atoms with van der Waals surface area (Å²) in [5.74, 6) is -2.90. The maximum atomic E-state index is 13.8. The monoisotopic (exact) mass is 449 g/mol. The van der Waals surface area contributed by atoms with Crippen LogP contribution < -0.4 is 5.32 Å². The molecule has 1 aromatic carbocycles. The number of carbonyl (C=O) groups excluding carboxylic acids is 1. The molecular formula is C19H17F6N3OS. The molecule has 11 heteroatoms. The molecule has 0 saturated heterocycles. The molecule has 0 aliphatic heterocycles. The van der Waals surface area contributed by atoms with E-state index >= 15 is 0 Å². The fraction of sp³-hybridized carbons (Fsp3) is 0.263. The third-order valence-corrected chi connectivity index (χ3v) is 4.93. The van der Waals surface area contributed by atoms with Crippen molar-refractivity contribution < 1.29 is 31.1 Å². The molecule has 0 atom stereocenters. The second-order valence-electron chi connectivity index (χ2n) is 5.91. The Balaban J connectivity index is 2.26. The van der Waals surface area contributed by atoms with Gasteiger partial charge in [-0.3, -0.25) is 9.48 Å². The second-order valence-corrected chi connectivity index (χ2v) is 6.99. The van der Waals surface area contributed by atoms with Crippen LogP contribution in [0.1, 0.15) is 25.2 Å². The minimum atomic E-state index is -4.49. The maximum absolute atomic E-state index is 13.8. The Bertz CT molecular complexity index is 961. The molecule has 4 nitrogen and oxygen atoms in total. The summed E-state index contributed by atoms with van der Waals surface area (Å²) in [5, 5.41) is 5.88. The van der Waals surface area contributed by atoms with Crippen molar-refractivity contribution in [1.29, 1.82) is 0 Å².